The van der Waals surface area contributed by atoms with Gasteiger partial charge in [-0.15, -0.1) is 0 Å². The number of anilines is 1. The summed E-state index contributed by atoms with van der Waals surface area (Å²) in [4.78, 5) is 8.19. The Morgan fingerprint density at radius 2 is 2.00 bits per heavy atom. The number of nitrogens with one attached hydrogen (secondary N) is 1. The molecule has 1 atom stereocenters. The fourth-order valence-corrected chi connectivity index (χ4v) is 2.27. The lowest BCUT2D eigenvalue weighted by Gasteiger charge is -2.15. The Bertz CT molecular complexity index is 507. The lowest BCUT2D eigenvalue weighted by atomic mass is 10.0. The fourth-order valence-electron chi connectivity index (χ4n) is 1.82. The highest BCUT2D eigenvalue weighted by atomic mass is 79.9. The molecule has 0 unspecified atom stereocenters. The van der Waals surface area contributed by atoms with Crippen LogP contribution in [0.25, 0.3) is 0 Å². The van der Waals surface area contributed by atoms with E-state index in [9.17, 15) is 5.11 Å². The average molecular weight is 322 g/mol. The monoisotopic (exact) mass is 321 g/mol. The maximum Gasteiger partial charge on any atom is 0.222 e. The van der Waals surface area contributed by atoms with Crippen molar-refractivity contribution >= 4 is 21.9 Å². The molecule has 0 amide bonds. The molecule has 0 radical (unpaired) electrons. The Labute approximate surface area is 121 Å². The summed E-state index contributed by atoms with van der Waals surface area (Å²) in [6.45, 7) is 0.777. The van der Waals surface area contributed by atoms with E-state index in [1.54, 1.807) is 18.5 Å². The van der Waals surface area contributed by atoms with Crippen molar-refractivity contribution in [3.05, 3.63) is 52.8 Å². The van der Waals surface area contributed by atoms with Crippen LogP contribution >= 0.6 is 15.9 Å². The van der Waals surface area contributed by atoms with Gasteiger partial charge in [-0.2, -0.15) is 0 Å². The third-order valence-electron chi connectivity index (χ3n) is 2.79. The van der Waals surface area contributed by atoms with Crippen molar-refractivity contribution in [3.63, 3.8) is 0 Å². The predicted molar refractivity (Wildman–Crippen MR) is 78.9 cm³/mol. The van der Waals surface area contributed by atoms with Gasteiger partial charge in [-0.1, -0.05) is 28.1 Å². The first-order valence-corrected chi connectivity index (χ1v) is 6.93. The third kappa shape index (κ3) is 4.61. The number of halogens is 1. The minimum Gasteiger partial charge on any atom is -0.396 e. The first-order chi connectivity index (χ1) is 9.28. The molecule has 0 bridgehead atoms. The molecule has 2 N–H and O–H groups in total. The van der Waals surface area contributed by atoms with Gasteiger partial charge in [0.15, 0.2) is 0 Å². The number of nitrogens with zero attached hydrogens (tertiary/aromatic N) is 2. The quantitative estimate of drug-likeness (QED) is 0.858. The number of rotatable bonds is 6. The van der Waals surface area contributed by atoms with Crippen molar-refractivity contribution in [1.29, 1.82) is 0 Å². The van der Waals surface area contributed by atoms with Crippen molar-refractivity contribution in [2.75, 3.05) is 18.5 Å². The molecule has 5 heteroatoms. The number of benzene rings is 1. The molecule has 0 aliphatic rings. The van der Waals surface area contributed by atoms with Gasteiger partial charge in [0.2, 0.25) is 5.95 Å². The van der Waals surface area contributed by atoms with Crippen molar-refractivity contribution in [2.45, 2.75) is 6.42 Å². The molecule has 0 saturated carbocycles. The van der Waals surface area contributed by atoms with Crippen molar-refractivity contribution in [2.24, 2.45) is 5.92 Å². The number of aliphatic hydroxyl groups excluding tert-OH is 1. The van der Waals surface area contributed by atoms with Gasteiger partial charge in [0, 0.05) is 35.9 Å². The second-order valence-corrected chi connectivity index (χ2v) is 5.25. The summed E-state index contributed by atoms with van der Waals surface area (Å²) in [5, 5.41) is 12.6. The third-order valence-corrected chi connectivity index (χ3v) is 3.28. The highest BCUT2D eigenvalue weighted by molar-refractivity contribution is 9.10. The zero-order valence-corrected chi connectivity index (χ0v) is 12.0. The van der Waals surface area contributed by atoms with Crippen LogP contribution < -0.4 is 5.32 Å². The van der Waals surface area contributed by atoms with E-state index < -0.39 is 0 Å². The highest BCUT2D eigenvalue weighted by Gasteiger charge is 2.09. The highest BCUT2D eigenvalue weighted by Crippen LogP contribution is 2.15. The number of aliphatic hydroxyl groups is 1. The van der Waals surface area contributed by atoms with Gasteiger partial charge in [-0.05, 0) is 30.2 Å². The van der Waals surface area contributed by atoms with Gasteiger partial charge in [0.05, 0.1) is 0 Å². The van der Waals surface area contributed by atoms with Gasteiger partial charge in [-0.3, -0.25) is 0 Å². The summed E-state index contributed by atoms with van der Waals surface area (Å²) in [7, 11) is 0. The predicted octanol–water partition coefficient (Wildman–Crippen LogP) is 2.50. The second kappa shape index (κ2) is 7.21. The molecule has 100 valence electrons. The van der Waals surface area contributed by atoms with Crippen LogP contribution in [0.4, 0.5) is 5.95 Å². The first-order valence-electron chi connectivity index (χ1n) is 6.14. The molecular weight excluding hydrogens is 306 g/mol. The van der Waals surface area contributed by atoms with E-state index in [4.69, 9.17) is 0 Å². The second-order valence-electron chi connectivity index (χ2n) is 4.34. The van der Waals surface area contributed by atoms with Crippen LogP contribution in [0.2, 0.25) is 0 Å². The Kier molecular flexibility index (Phi) is 5.30. The van der Waals surface area contributed by atoms with E-state index >= 15 is 0 Å². The first kappa shape index (κ1) is 14.0. The normalized spacial score (nSPS) is 12.1. The summed E-state index contributed by atoms with van der Waals surface area (Å²) in [5.74, 6) is 0.730. The molecule has 1 aromatic heterocycles. The topological polar surface area (TPSA) is 58.0 Å². The van der Waals surface area contributed by atoms with Crippen LogP contribution in [-0.2, 0) is 6.42 Å². The van der Waals surface area contributed by atoms with Crippen molar-refractivity contribution < 1.29 is 5.11 Å². The zero-order chi connectivity index (χ0) is 13.5. The van der Waals surface area contributed by atoms with E-state index in [1.807, 2.05) is 12.1 Å². The van der Waals surface area contributed by atoms with Crippen LogP contribution in [0.15, 0.2) is 47.2 Å². The SMILES string of the molecule is OC[C@@H](CNc1ncccn1)Cc1cccc(Br)c1. The summed E-state index contributed by atoms with van der Waals surface area (Å²) < 4.78 is 1.06. The Morgan fingerprint density at radius 3 is 2.68 bits per heavy atom. The largest absolute Gasteiger partial charge is 0.396 e. The molecule has 0 saturated heterocycles. The molecule has 4 nitrogen and oxygen atoms in total. The summed E-state index contributed by atoms with van der Waals surface area (Å²) in [6.07, 6.45) is 4.20. The number of hydrogen-bond acceptors (Lipinski definition) is 4. The average Bonchev–Trinajstić information content (AvgIpc) is 2.44. The van der Waals surface area contributed by atoms with Gasteiger partial charge >= 0.3 is 0 Å². The van der Waals surface area contributed by atoms with Crippen LogP contribution in [0, 0.1) is 5.92 Å². The Hall–Kier alpha value is -1.46. The van der Waals surface area contributed by atoms with E-state index in [0.29, 0.717) is 12.5 Å². The van der Waals surface area contributed by atoms with Crippen molar-refractivity contribution in [3.8, 4) is 0 Å². The minimum absolute atomic E-state index is 0.131. The molecular formula is C14H16BrN3O. The molecule has 19 heavy (non-hydrogen) atoms. The molecule has 0 spiro atoms. The van der Waals surface area contributed by atoms with Crippen LogP contribution in [-0.4, -0.2) is 28.2 Å². The number of hydrogen-bond donors (Lipinski definition) is 2. The van der Waals surface area contributed by atoms with Crippen molar-refractivity contribution in [1.82, 2.24) is 9.97 Å². The molecule has 0 fully saturated rings. The summed E-state index contributed by atoms with van der Waals surface area (Å²) in [5.41, 5.74) is 1.20. The molecule has 2 rings (SSSR count). The van der Waals surface area contributed by atoms with E-state index in [2.05, 4.69) is 43.3 Å². The summed E-state index contributed by atoms with van der Waals surface area (Å²) in [6, 6.07) is 9.90. The van der Waals surface area contributed by atoms with Gasteiger partial charge < -0.3 is 10.4 Å². The van der Waals surface area contributed by atoms with Gasteiger partial charge in [0.1, 0.15) is 0 Å². The van der Waals surface area contributed by atoms with E-state index in [0.717, 1.165) is 10.9 Å². The smallest absolute Gasteiger partial charge is 0.222 e. The molecule has 1 aromatic carbocycles. The lowest BCUT2D eigenvalue weighted by Crippen LogP contribution is -2.21. The lowest BCUT2D eigenvalue weighted by molar-refractivity contribution is 0.232. The Morgan fingerprint density at radius 1 is 1.21 bits per heavy atom. The van der Waals surface area contributed by atoms with E-state index in [1.165, 1.54) is 5.56 Å². The molecule has 0 aliphatic heterocycles. The summed E-state index contributed by atoms with van der Waals surface area (Å²) >= 11 is 3.45. The van der Waals surface area contributed by atoms with Gasteiger partial charge in [-0.25, -0.2) is 9.97 Å². The zero-order valence-electron chi connectivity index (χ0n) is 10.5. The fraction of sp³-hybridized carbons (Fsp3) is 0.286. The minimum atomic E-state index is 0.131. The van der Waals surface area contributed by atoms with Crippen LogP contribution in [0.3, 0.4) is 0 Å². The molecule has 1 heterocycles. The van der Waals surface area contributed by atoms with Crippen LogP contribution in [0.1, 0.15) is 5.56 Å². The standard InChI is InChI=1S/C14H16BrN3O/c15-13-4-1-3-11(8-13)7-12(10-19)9-18-14-16-5-2-6-17-14/h1-6,8,12,19H,7,9-10H2,(H,16,17,18)/t12-/m1/s1. The van der Waals surface area contributed by atoms with Gasteiger partial charge in [0.25, 0.3) is 0 Å². The maximum absolute atomic E-state index is 9.44. The Balaban J connectivity index is 1.90. The van der Waals surface area contributed by atoms with Crippen LogP contribution in [0.5, 0.6) is 0 Å². The maximum atomic E-state index is 9.44. The number of aromatic nitrogens is 2. The van der Waals surface area contributed by atoms with E-state index in [-0.39, 0.29) is 12.5 Å². The molecule has 2 aromatic rings. The molecule has 0 aliphatic carbocycles.